The molecule has 0 radical (unpaired) electrons. The van der Waals surface area contributed by atoms with Crippen molar-refractivity contribution in [3.8, 4) is 5.75 Å². The zero-order valence-corrected chi connectivity index (χ0v) is 14.2. The fourth-order valence-corrected chi connectivity index (χ4v) is 2.97. The quantitative estimate of drug-likeness (QED) is 0.502. The second kappa shape index (κ2) is 6.70. The third-order valence-corrected chi connectivity index (χ3v) is 4.32. The maximum atomic E-state index is 13.0. The Hall–Kier alpha value is -2.63. The van der Waals surface area contributed by atoms with Gasteiger partial charge in [0.1, 0.15) is 22.3 Å². The number of aliphatic hydroxyl groups excluding tert-OH is 2. The monoisotopic (exact) mass is 340 g/mol. The highest BCUT2D eigenvalue weighted by Crippen LogP contribution is 2.31. The molecule has 5 nitrogen and oxygen atoms in total. The van der Waals surface area contributed by atoms with Crippen molar-refractivity contribution in [2.75, 3.05) is 6.61 Å². The van der Waals surface area contributed by atoms with E-state index in [1.165, 1.54) is 0 Å². The van der Waals surface area contributed by atoms with E-state index in [4.69, 9.17) is 9.52 Å². The summed E-state index contributed by atoms with van der Waals surface area (Å²) in [4.78, 5) is 13.0. The largest absolute Gasteiger partial charge is 0.507 e. The molecule has 3 N–H and O–H groups in total. The number of hydrogen-bond acceptors (Lipinski definition) is 5. The maximum Gasteiger partial charge on any atom is 0.204 e. The first-order valence-corrected chi connectivity index (χ1v) is 8.04. The minimum absolute atomic E-state index is 0.0552. The number of rotatable bonds is 4. The van der Waals surface area contributed by atoms with Gasteiger partial charge in [-0.25, -0.2) is 0 Å². The number of hydrogen-bond donors (Lipinski definition) is 3. The molecule has 1 heterocycles. The number of allylic oxidation sites excluding steroid dienone is 1. The second-order valence-electron chi connectivity index (χ2n) is 6.25. The van der Waals surface area contributed by atoms with Crippen LogP contribution < -0.4 is 5.43 Å². The van der Waals surface area contributed by atoms with Crippen molar-refractivity contribution in [1.82, 2.24) is 0 Å². The Kier molecular flexibility index (Phi) is 4.61. The topological polar surface area (TPSA) is 90.9 Å². The average Bonchev–Trinajstić information content (AvgIpc) is 2.59. The Morgan fingerprint density at radius 3 is 2.56 bits per heavy atom. The summed E-state index contributed by atoms with van der Waals surface area (Å²) in [6, 6.07) is 6.84. The zero-order chi connectivity index (χ0) is 18.1. The highest BCUT2D eigenvalue weighted by molar-refractivity contribution is 5.95. The Balaban J connectivity index is 2.31. The van der Waals surface area contributed by atoms with E-state index < -0.39 is 0 Å². The highest BCUT2D eigenvalue weighted by Gasteiger charge is 2.16. The number of benzene rings is 2. The molecular formula is C20H20O5. The minimum Gasteiger partial charge on any atom is -0.507 e. The van der Waals surface area contributed by atoms with E-state index >= 15 is 0 Å². The summed E-state index contributed by atoms with van der Waals surface area (Å²) >= 11 is 0. The van der Waals surface area contributed by atoms with E-state index in [2.05, 4.69) is 0 Å². The highest BCUT2D eigenvalue weighted by atomic mass is 16.3. The molecule has 0 aliphatic heterocycles. The molecule has 5 heteroatoms. The molecule has 25 heavy (non-hydrogen) atoms. The molecule has 0 saturated heterocycles. The van der Waals surface area contributed by atoms with Crippen LogP contribution in [0.4, 0.5) is 0 Å². The number of fused-ring (bicyclic) bond motifs is 2. The summed E-state index contributed by atoms with van der Waals surface area (Å²) < 4.78 is 5.81. The lowest BCUT2D eigenvalue weighted by Gasteiger charge is -2.10. The number of aromatic hydroxyl groups is 1. The molecule has 0 aliphatic carbocycles. The number of aliphatic hydroxyl groups is 2. The first kappa shape index (κ1) is 17.2. The third kappa shape index (κ3) is 3.04. The van der Waals surface area contributed by atoms with Crippen LogP contribution in [0.2, 0.25) is 0 Å². The van der Waals surface area contributed by atoms with Crippen LogP contribution in [0.15, 0.2) is 45.1 Å². The predicted molar refractivity (Wildman–Crippen MR) is 96.9 cm³/mol. The Morgan fingerprint density at radius 1 is 1.12 bits per heavy atom. The lowest BCUT2D eigenvalue weighted by atomic mass is 10.0. The van der Waals surface area contributed by atoms with Crippen LogP contribution in [0.3, 0.4) is 0 Å². The Labute approximate surface area is 144 Å². The summed E-state index contributed by atoms with van der Waals surface area (Å²) in [5.74, 6) is -0.125. The van der Waals surface area contributed by atoms with Gasteiger partial charge in [-0.15, -0.1) is 0 Å². The first-order valence-electron chi connectivity index (χ1n) is 8.04. The van der Waals surface area contributed by atoms with Crippen LogP contribution in [0.25, 0.3) is 21.9 Å². The van der Waals surface area contributed by atoms with Gasteiger partial charge in [0, 0.05) is 0 Å². The van der Waals surface area contributed by atoms with Gasteiger partial charge in [-0.3, -0.25) is 4.79 Å². The van der Waals surface area contributed by atoms with Crippen LogP contribution in [-0.2, 0) is 13.0 Å². The Morgan fingerprint density at radius 2 is 1.88 bits per heavy atom. The lowest BCUT2D eigenvalue weighted by Crippen LogP contribution is -2.07. The van der Waals surface area contributed by atoms with E-state index in [-0.39, 0.29) is 35.2 Å². The number of aryl methyl sites for hydroxylation is 1. The number of phenolic OH excluding ortho intramolecular Hbond substituents is 1. The summed E-state index contributed by atoms with van der Waals surface area (Å²) in [5.41, 5.74) is 3.05. The van der Waals surface area contributed by atoms with Gasteiger partial charge in [0.15, 0.2) is 0 Å². The summed E-state index contributed by atoms with van der Waals surface area (Å²) in [6.07, 6.45) is 2.19. The van der Waals surface area contributed by atoms with Gasteiger partial charge in [0.2, 0.25) is 5.43 Å². The van der Waals surface area contributed by atoms with E-state index in [0.717, 1.165) is 11.1 Å². The van der Waals surface area contributed by atoms with Crippen molar-refractivity contribution < 1.29 is 19.7 Å². The van der Waals surface area contributed by atoms with E-state index in [0.29, 0.717) is 28.7 Å². The molecule has 0 saturated carbocycles. The first-order chi connectivity index (χ1) is 12.0. The van der Waals surface area contributed by atoms with E-state index in [9.17, 15) is 15.0 Å². The van der Waals surface area contributed by atoms with Gasteiger partial charge < -0.3 is 19.7 Å². The molecule has 0 spiro atoms. The van der Waals surface area contributed by atoms with Crippen molar-refractivity contribution >= 4 is 21.9 Å². The van der Waals surface area contributed by atoms with Crippen LogP contribution in [-0.4, -0.2) is 21.9 Å². The van der Waals surface area contributed by atoms with Gasteiger partial charge in [0.25, 0.3) is 0 Å². The average molecular weight is 340 g/mol. The van der Waals surface area contributed by atoms with Crippen molar-refractivity contribution in [1.29, 1.82) is 0 Å². The van der Waals surface area contributed by atoms with Crippen molar-refractivity contribution in [3.05, 3.63) is 62.8 Å². The Bertz CT molecular complexity index is 1040. The molecule has 2 aromatic carbocycles. The molecular weight excluding hydrogens is 320 g/mol. The molecule has 130 valence electrons. The van der Waals surface area contributed by atoms with Gasteiger partial charge in [-0.1, -0.05) is 23.8 Å². The van der Waals surface area contributed by atoms with Crippen molar-refractivity contribution in [2.45, 2.75) is 26.9 Å². The molecule has 0 amide bonds. The lowest BCUT2D eigenvalue weighted by molar-refractivity contribution is 0.283. The molecule has 0 aliphatic rings. The van der Waals surface area contributed by atoms with Crippen LogP contribution in [0.5, 0.6) is 5.75 Å². The van der Waals surface area contributed by atoms with Gasteiger partial charge in [0.05, 0.1) is 18.6 Å². The van der Waals surface area contributed by atoms with Crippen molar-refractivity contribution in [3.63, 3.8) is 0 Å². The predicted octanol–water partition coefficient (Wildman–Crippen LogP) is 2.93. The van der Waals surface area contributed by atoms with Crippen LogP contribution in [0, 0.1) is 6.92 Å². The van der Waals surface area contributed by atoms with E-state index in [1.807, 2.05) is 6.92 Å². The maximum absolute atomic E-state index is 13.0. The van der Waals surface area contributed by atoms with Gasteiger partial charge in [-0.05, 0) is 49.1 Å². The van der Waals surface area contributed by atoms with Crippen LogP contribution >= 0.6 is 0 Å². The molecule has 0 bridgehead atoms. The summed E-state index contributed by atoms with van der Waals surface area (Å²) in [7, 11) is 0. The molecule has 0 unspecified atom stereocenters. The standard InChI is InChI=1S/C20H20O5/c1-11(9-21)3-4-13-5-6-15-18(19(13)23)20(24)17-14(10-22)7-12(2)8-16(17)25-15/h3,5-8,21-23H,4,9-10H2,1-2H3. The fourth-order valence-electron chi connectivity index (χ4n) is 2.97. The second-order valence-corrected chi connectivity index (χ2v) is 6.25. The normalized spacial score (nSPS) is 12.2. The van der Waals surface area contributed by atoms with Gasteiger partial charge in [-0.2, -0.15) is 0 Å². The molecule has 3 aromatic rings. The SMILES string of the molecule is CC(=CCc1ccc2oc3cc(C)cc(CO)c3c(=O)c2c1O)CO. The van der Waals surface area contributed by atoms with Crippen molar-refractivity contribution in [2.24, 2.45) is 0 Å². The van der Waals surface area contributed by atoms with Crippen LogP contribution in [0.1, 0.15) is 23.6 Å². The summed E-state index contributed by atoms with van der Waals surface area (Å²) in [6.45, 7) is 3.31. The molecule has 1 aromatic heterocycles. The minimum atomic E-state index is -0.359. The van der Waals surface area contributed by atoms with E-state index in [1.54, 1.807) is 37.3 Å². The molecule has 0 fully saturated rings. The smallest absolute Gasteiger partial charge is 0.204 e. The number of phenols is 1. The zero-order valence-electron chi connectivity index (χ0n) is 14.2. The molecule has 3 rings (SSSR count). The molecule has 0 atom stereocenters. The van der Waals surface area contributed by atoms with Gasteiger partial charge >= 0.3 is 0 Å². The third-order valence-electron chi connectivity index (χ3n) is 4.32. The summed E-state index contributed by atoms with van der Waals surface area (Å²) in [5, 5.41) is 29.6. The fraction of sp³-hybridized carbons (Fsp3) is 0.250.